The quantitative estimate of drug-likeness (QED) is 0.693. The molecular weight excluding hydrogens is 189 g/mol. The summed E-state index contributed by atoms with van der Waals surface area (Å²) in [5.41, 5.74) is 0. The maximum absolute atomic E-state index is 12.2. The molecule has 13 heavy (non-hydrogen) atoms. The van der Waals surface area contributed by atoms with E-state index in [0.29, 0.717) is 0 Å². The van der Waals surface area contributed by atoms with Gasteiger partial charge in [0.25, 0.3) is 0 Å². The van der Waals surface area contributed by atoms with Crippen LogP contribution in [0.15, 0.2) is 0 Å². The van der Waals surface area contributed by atoms with Crippen LogP contribution in [0.5, 0.6) is 0 Å². The summed E-state index contributed by atoms with van der Waals surface area (Å²) in [4.78, 5) is 10.4. The molecule has 0 bridgehead atoms. The van der Waals surface area contributed by atoms with Crippen molar-refractivity contribution in [3.05, 3.63) is 0 Å². The van der Waals surface area contributed by atoms with E-state index < -0.39 is 30.3 Å². The lowest BCUT2D eigenvalue weighted by Crippen LogP contribution is -2.37. The van der Waals surface area contributed by atoms with Gasteiger partial charge in [0.15, 0.2) is 6.10 Å². The lowest BCUT2D eigenvalue weighted by atomic mass is 10.00. The Morgan fingerprint density at radius 1 is 1.54 bits per heavy atom. The van der Waals surface area contributed by atoms with Crippen molar-refractivity contribution < 1.29 is 27.8 Å². The Bertz CT molecular complexity index is 214. The third-order valence-electron chi connectivity index (χ3n) is 1.97. The average molecular weight is 198 g/mol. The molecule has 1 N–H and O–H groups in total. The van der Waals surface area contributed by atoms with Crippen molar-refractivity contribution >= 4 is 5.97 Å². The van der Waals surface area contributed by atoms with E-state index in [2.05, 4.69) is 4.74 Å². The van der Waals surface area contributed by atoms with Gasteiger partial charge in [0.1, 0.15) is 0 Å². The number of ether oxygens (including phenoxy) is 1. The van der Waals surface area contributed by atoms with Crippen molar-refractivity contribution in [1.29, 1.82) is 0 Å². The zero-order valence-corrected chi connectivity index (χ0v) is 6.84. The first-order valence-corrected chi connectivity index (χ1v) is 3.77. The molecule has 1 heterocycles. The number of carbonyl (C=O) groups is 1. The Morgan fingerprint density at radius 2 is 2.08 bits per heavy atom. The molecule has 0 unspecified atom stereocenters. The van der Waals surface area contributed by atoms with E-state index in [9.17, 15) is 18.0 Å². The number of alkyl halides is 3. The Hall–Kier alpha value is -0.780. The van der Waals surface area contributed by atoms with Gasteiger partial charge < -0.3 is 9.84 Å². The van der Waals surface area contributed by atoms with Crippen LogP contribution in [0.25, 0.3) is 0 Å². The molecule has 0 saturated carbocycles. The molecule has 0 aliphatic carbocycles. The Morgan fingerprint density at radius 3 is 2.38 bits per heavy atom. The summed E-state index contributed by atoms with van der Waals surface area (Å²) in [6, 6.07) is 0. The van der Waals surface area contributed by atoms with Crippen LogP contribution in [-0.2, 0) is 9.53 Å². The van der Waals surface area contributed by atoms with Gasteiger partial charge in [-0.2, -0.15) is 13.2 Å². The maximum atomic E-state index is 12.2. The minimum absolute atomic E-state index is 0.0838. The minimum Gasteiger partial charge on any atom is -0.481 e. The molecule has 0 radical (unpaired) electrons. The van der Waals surface area contributed by atoms with Crippen LogP contribution in [0, 0.1) is 5.92 Å². The van der Waals surface area contributed by atoms with Crippen LogP contribution >= 0.6 is 0 Å². The molecule has 3 atom stereocenters. The highest BCUT2D eigenvalue weighted by atomic mass is 19.4. The van der Waals surface area contributed by atoms with E-state index in [1.165, 1.54) is 6.92 Å². The molecule has 1 aliphatic heterocycles. The van der Waals surface area contributed by atoms with E-state index >= 15 is 0 Å². The Kier molecular flexibility index (Phi) is 2.51. The molecule has 3 nitrogen and oxygen atoms in total. The lowest BCUT2D eigenvalue weighted by Gasteiger charge is -2.18. The topological polar surface area (TPSA) is 46.5 Å². The number of halogens is 3. The zero-order valence-electron chi connectivity index (χ0n) is 6.84. The summed E-state index contributed by atoms with van der Waals surface area (Å²) in [5, 5.41) is 8.48. The molecular formula is C7H9F3O3. The summed E-state index contributed by atoms with van der Waals surface area (Å²) in [6.45, 7) is 1.43. The van der Waals surface area contributed by atoms with Crippen LogP contribution in [0.1, 0.15) is 13.3 Å². The van der Waals surface area contributed by atoms with Crippen molar-refractivity contribution in [2.45, 2.75) is 31.7 Å². The molecule has 0 aromatic rings. The summed E-state index contributed by atoms with van der Waals surface area (Å²) in [6.07, 6.45) is -7.47. The predicted molar refractivity (Wildman–Crippen MR) is 36.1 cm³/mol. The molecule has 1 aliphatic rings. The van der Waals surface area contributed by atoms with Gasteiger partial charge in [0.05, 0.1) is 12.0 Å². The Labute approximate surface area is 72.5 Å². The third-order valence-corrected chi connectivity index (χ3v) is 1.97. The SMILES string of the molecule is C[C@@H]1C[C@H](C(=O)O)[C@@H](C(F)(F)F)O1. The van der Waals surface area contributed by atoms with Crippen molar-refractivity contribution in [3.8, 4) is 0 Å². The highest BCUT2D eigenvalue weighted by molar-refractivity contribution is 5.71. The van der Waals surface area contributed by atoms with Gasteiger partial charge in [0.2, 0.25) is 0 Å². The molecule has 76 valence electrons. The second-order valence-electron chi connectivity index (χ2n) is 3.09. The van der Waals surface area contributed by atoms with Gasteiger partial charge in [-0.25, -0.2) is 0 Å². The highest BCUT2D eigenvalue weighted by Crippen LogP contribution is 2.37. The van der Waals surface area contributed by atoms with Gasteiger partial charge in [-0.05, 0) is 13.3 Å². The number of rotatable bonds is 1. The number of carboxylic acid groups (broad SMARTS) is 1. The van der Waals surface area contributed by atoms with E-state index in [-0.39, 0.29) is 6.42 Å². The monoisotopic (exact) mass is 198 g/mol. The molecule has 0 aromatic heterocycles. The Balaban J connectivity index is 2.78. The summed E-state index contributed by atoms with van der Waals surface area (Å²) >= 11 is 0. The molecule has 1 saturated heterocycles. The van der Waals surface area contributed by atoms with Gasteiger partial charge in [-0.3, -0.25) is 4.79 Å². The van der Waals surface area contributed by atoms with Gasteiger partial charge in [-0.15, -0.1) is 0 Å². The minimum atomic E-state index is -4.59. The fraction of sp³-hybridized carbons (Fsp3) is 0.857. The number of carboxylic acids is 1. The number of hydrogen-bond donors (Lipinski definition) is 1. The first-order valence-electron chi connectivity index (χ1n) is 3.77. The van der Waals surface area contributed by atoms with Crippen molar-refractivity contribution in [3.63, 3.8) is 0 Å². The van der Waals surface area contributed by atoms with Crippen molar-refractivity contribution in [2.24, 2.45) is 5.92 Å². The third kappa shape index (κ3) is 2.12. The van der Waals surface area contributed by atoms with Crippen molar-refractivity contribution in [2.75, 3.05) is 0 Å². The zero-order chi connectivity index (χ0) is 10.2. The summed E-state index contributed by atoms with van der Waals surface area (Å²) < 4.78 is 41.0. The van der Waals surface area contributed by atoms with Crippen LogP contribution in [0.2, 0.25) is 0 Å². The maximum Gasteiger partial charge on any atom is 0.415 e. The fourth-order valence-corrected chi connectivity index (χ4v) is 1.42. The molecule has 0 spiro atoms. The second kappa shape index (κ2) is 3.17. The molecule has 6 heteroatoms. The molecule has 0 amide bonds. The largest absolute Gasteiger partial charge is 0.481 e. The van der Waals surface area contributed by atoms with Crippen LogP contribution < -0.4 is 0 Å². The van der Waals surface area contributed by atoms with E-state index in [1.807, 2.05) is 0 Å². The smallest absolute Gasteiger partial charge is 0.415 e. The van der Waals surface area contributed by atoms with Crippen LogP contribution in [0.3, 0.4) is 0 Å². The summed E-state index contributed by atoms with van der Waals surface area (Å²) in [5.74, 6) is -2.92. The van der Waals surface area contributed by atoms with E-state index in [1.54, 1.807) is 0 Å². The highest BCUT2D eigenvalue weighted by Gasteiger charge is 2.53. The van der Waals surface area contributed by atoms with Crippen LogP contribution in [0.4, 0.5) is 13.2 Å². The first-order chi connectivity index (χ1) is 5.82. The summed E-state index contributed by atoms with van der Waals surface area (Å²) in [7, 11) is 0. The van der Waals surface area contributed by atoms with Crippen molar-refractivity contribution in [1.82, 2.24) is 0 Å². The van der Waals surface area contributed by atoms with Crippen LogP contribution in [-0.4, -0.2) is 29.5 Å². The standard InChI is InChI=1S/C7H9F3O3/c1-3-2-4(6(11)12)5(13-3)7(8,9)10/h3-5H,2H2,1H3,(H,11,12)/t3-,4+,5+/m1/s1. The number of aliphatic carboxylic acids is 1. The lowest BCUT2D eigenvalue weighted by molar-refractivity contribution is -0.225. The molecule has 1 fully saturated rings. The fourth-order valence-electron chi connectivity index (χ4n) is 1.42. The predicted octanol–water partition coefficient (Wildman–Crippen LogP) is 1.43. The first kappa shape index (κ1) is 10.3. The van der Waals surface area contributed by atoms with E-state index in [0.717, 1.165) is 0 Å². The average Bonchev–Trinajstić information content (AvgIpc) is 2.29. The van der Waals surface area contributed by atoms with Gasteiger partial charge in [0, 0.05) is 0 Å². The van der Waals surface area contributed by atoms with E-state index in [4.69, 9.17) is 5.11 Å². The van der Waals surface area contributed by atoms with Gasteiger partial charge in [-0.1, -0.05) is 0 Å². The van der Waals surface area contributed by atoms with Gasteiger partial charge >= 0.3 is 12.1 Å². The second-order valence-corrected chi connectivity index (χ2v) is 3.09. The molecule has 1 rings (SSSR count). The normalized spacial score (nSPS) is 34.9. The molecule has 0 aromatic carbocycles. The number of hydrogen-bond acceptors (Lipinski definition) is 2.